The Bertz CT molecular complexity index is 651. The molecule has 6 nitrogen and oxygen atoms in total. The molecule has 0 unspecified atom stereocenters. The summed E-state index contributed by atoms with van der Waals surface area (Å²) in [6.45, 7) is 1.71. The Balaban J connectivity index is 1.74. The third-order valence-electron chi connectivity index (χ3n) is 3.87. The lowest BCUT2D eigenvalue weighted by atomic mass is 10.0. The molecule has 114 valence electrons. The minimum atomic E-state index is -3.51. The minimum Gasteiger partial charge on any atom is -0.381 e. The van der Waals surface area contributed by atoms with E-state index in [1.54, 1.807) is 12.1 Å². The molecule has 1 aromatic carbocycles. The van der Waals surface area contributed by atoms with Crippen molar-refractivity contribution in [2.24, 2.45) is 5.92 Å². The van der Waals surface area contributed by atoms with Crippen molar-refractivity contribution < 1.29 is 17.9 Å². The van der Waals surface area contributed by atoms with Crippen LogP contribution in [0.25, 0.3) is 0 Å². The zero-order valence-electron chi connectivity index (χ0n) is 11.6. The summed E-state index contributed by atoms with van der Waals surface area (Å²) in [4.78, 5) is 11.6. The maximum Gasteiger partial charge on any atom is 0.240 e. The predicted octanol–water partition coefficient (Wildman–Crippen LogP) is 0.886. The van der Waals surface area contributed by atoms with Crippen LogP contribution in [0.5, 0.6) is 0 Å². The molecule has 0 aromatic heterocycles. The lowest BCUT2D eigenvalue weighted by molar-refractivity contribution is -0.116. The standard InChI is InChI=1S/C14H18N2O4S/c17-14-4-1-11-7-12(2-3-13(11)16-14)21(18,19)15-8-10-5-6-20-9-10/h2-3,7,10,15H,1,4-6,8-9H2,(H,16,17)/t10-/m0/s1. The third kappa shape index (κ3) is 3.25. The second kappa shape index (κ2) is 5.75. The zero-order valence-corrected chi connectivity index (χ0v) is 12.4. The predicted molar refractivity (Wildman–Crippen MR) is 77.5 cm³/mol. The van der Waals surface area contributed by atoms with Crippen molar-refractivity contribution in [2.75, 3.05) is 25.1 Å². The first-order chi connectivity index (χ1) is 10.0. The Labute approximate surface area is 123 Å². The monoisotopic (exact) mass is 310 g/mol. The number of hydrogen-bond donors (Lipinski definition) is 2. The van der Waals surface area contributed by atoms with Crippen LogP contribution >= 0.6 is 0 Å². The molecular weight excluding hydrogens is 292 g/mol. The van der Waals surface area contributed by atoms with Gasteiger partial charge in [0.25, 0.3) is 0 Å². The van der Waals surface area contributed by atoms with Crippen LogP contribution in [0.15, 0.2) is 23.1 Å². The second-order valence-corrected chi connectivity index (χ2v) is 7.22. The summed E-state index contributed by atoms with van der Waals surface area (Å²) in [5.41, 5.74) is 1.57. The SMILES string of the molecule is O=C1CCc2cc(S(=O)(=O)NC[C@@H]3CCOC3)ccc2N1. The minimum absolute atomic E-state index is 0.0301. The Hall–Kier alpha value is -1.44. The molecule has 1 atom stereocenters. The smallest absolute Gasteiger partial charge is 0.240 e. The molecule has 2 aliphatic heterocycles. The van der Waals surface area contributed by atoms with Gasteiger partial charge >= 0.3 is 0 Å². The van der Waals surface area contributed by atoms with Gasteiger partial charge in [-0.3, -0.25) is 4.79 Å². The second-order valence-electron chi connectivity index (χ2n) is 5.45. The molecule has 0 spiro atoms. The quantitative estimate of drug-likeness (QED) is 0.865. The summed E-state index contributed by atoms with van der Waals surface area (Å²) in [5, 5.41) is 2.74. The van der Waals surface area contributed by atoms with Crippen molar-refractivity contribution in [1.82, 2.24) is 4.72 Å². The van der Waals surface area contributed by atoms with E-state index in [2.05, 4.69) is 10.0 Å². The fourth-order valence-electron chi connectivity index (χ4n) is 2.58. The van der Waals surface area contributed by atoms with Crippen molar-refractivity contribution in [1.29, 1.82) is 0 Å². The Morgan fingerprint density at radius 2 is 2.19 bits per heavy atom. The fraction of sp³-hybridized carbons (Fsp3) is 0.500. The Morgan fingerprint density at radius 3 is 2.95 bits per heavy atom. The van der Waals surface area contributed by atoms with Crippen LogP contribution in [-0.4, -0.2) is 34.1 Å². The third-order valence-corrected chi connectivity index (χ3v) is 5.29. The van der Waals surface area contributed by atoms with Crippen LogP contribution in [0.4, 0.5) is 5.69 Å². The number of aryl methyl sites for hydroxylation is 1. The molecule has 21 heavy (non-hydrogen) atoms. The highest BCUT2D eigenvalue weighted by molar-refractivity contribution is 7.89. The highest BCUT2D eigenvalue weighted by Gasteiger charge is 2.22. The lowest BCUT2D eigenvalue weighted by Gasteiger charge is -2.18. The van der Waals surface area contributed by atoms with E-state index in [-0.39, 0.29) is 16.7 Å². The molecule has 2 N–H and O–H groups in total. The number of ether oxygens (including phenoxy) is 1. The molecule has 0 saturated carbocycles. The summed E-state index contributed by atoms with van der Waals surface area (Å²) < 4.78 is 32.5. The zero-order chi connectivity index (χ0) is 14.9. The van der Waals surface area contributed by atoms with Crippen LogP contribution in [0.1, 0.15) is 18.4 Å². The molecule has 1 saturated heterocycles. The average Bonchev–Trinajstić information content (AvgIpc) is 2.98. The molecule has 1 aromatic rings. The van der Waals surface area contributed by atoms with E-state index >= 15 is 0 Å². The first-order valence-electron chi connectivity index (χ1n) is 7.05. The molecule has 0 aliphatic carbocycles. The van der Waals surface area contributed by atoms with E-state index in [1.807, 2.05) is 0 Å². The van der Waals surface area contributed by atoms with Gasteiger partial charge in [-0.25, -0.2) is 13.1 Å². The molecular formula is C14H18N2O4S. The molecule has 0 bridgehead atoms. The van der Waals surface area contributed by atoms with Crippen molar-refractivity contribution in [2.45, 2.75) is 24.2 Å². The van der Waals surface area contributed by atoms with E-state index in [0.717, 1.165) is 12.0 Å². The van der Waals surface area contributed by atoms with Gasteiger partial charge in [-0.05, 0) is 42.5 Å². The van der Waals surface area contributed by atoms with Crippen LogP contribution in [-0.2, 0) is 26.0 Å². The van der Waals surface area contributed by atoms with Gasteiger partial charge in [0.2, 0.25) is 15.9 Å². The molecule has 0 radical (unpaired) electrons. The summed E-state index contributed by atoms with van der Waals surface area (Å²) in [6.07, 6.45) is 1.85. The topological polar surface area (TPSA) is 84.5 Å². The molecule has 2 aliphatic rings. The lowest BCUT2D eigenvalue weighted by Crippen LogP contribution is -2.30. The number of carbonyl (C=O) groups excluding carboxylic acids is 1. The number of nitrogens with one attached hydrogen (secondary N) is 2. The van der Waals surface area contributed by atoms with Gasteiger partial charge in [0, 0.05) is 25.3 Å². The summed E-state index contributed by atoms with van der Waals surface area (Å²) in [5.74, 6) is 0.217. The molecule has 1 amide bonds. The van der Waals surface area contributed by atoms with Crippen LogP contribution in [0, 0.1) is 5.92 Å². The van der Waals surface area contributed by atoms with Crippen molar-refractivity contribution >= 4 is 21.6 Å². The summed E-state index contributed by atoms with van der Waals surface area (Å²) in [7, 11) is -3.51. The number of anilines is 1. The van der Waals surface area contributed by atoms with Crippen LogP contribution in [0.3, 0.4) is 0 Å². The van der Waals surface area contributed by atoms with E-state index in [9.17, 15) is 13.2 Å². The highest BCUT2D eigenvalue weighted by Crippen LogP contribution is 2.25. The van der Waals surface area contributed by atoms with Gasteiger partial charge in [-0.2, -0.15) is 0 Å². The van der Waals surface area contributed by atoms with Crippen molar-refractivity contribution in [3.05, 3.63) is 23.8 Å². The maximum absolute atomic E-state index is 12.3. The van der Waals surface area contributed by atoms with E-state index in [1.165, 1.54) is 6.07 Å². The van der Waals surface area contributed by atoms with E-state index in [0.29, 0.717) is 38.3 Å². The first kappa shape index (κ1) is 14.5. The summed E-state index contributed by atoms with van der Waals surface area (Å²) >= 11 is 0. The number of sulfonamides is 1. The number of hydrogen-bond acceptors (Lipinski definition) is 4. The summed E-state index contributed by atoms with van der Waals surface area (Å²) in [6, 6.07) is 4.82. The van der Waals surface area contributed by atoms with Gasteiger partial charge in [-0.1, -0.05) is 0 Å². The number of benzene rings is 1. The van der Waals surface area contributed by atoms with Crippen LogP contribution < -0.4 is 10.0 Å². The van der Waals surface area contributed by atoms with E-state index < -0.39 is 10.0 Å². The largest absolute Gasteiger partial charge is 0.381 e. The number of amides is 1. The number of rotatable bonds is 4. The Kier molecular flexibility index (Phi) is 3.97. The maximum atomic E-state index is 12.3. The van der Waals surface area contributed by atoms with Crippen LogP contribution in [0.2, 0.25) is 0 Å². The Morgan fingerprint density at radius 1 is 1.33 bits per heavy atom. The number of fused-ring (bicyclic) bond motifs is 1. The van der Waals surface area contributed by atoms with Crippen molar-refractivity contribution in [3.8, 4) is 0 Å². The number of carbonyl (C=O) groups is 1. The van der Waals surface area contributed by atoms with E-state index in [4.69, 9.17) is 4.74 Å². The average molecular weight is 310 g/mol. The van der Waals surface area contributed by atoms with Gasteiger partial charge in [0.05, 0.1) is 11.5 Å². The molecule has 2 heterocycles. The highest BCUT2D eigenvalue weighted by atomic mass is 32.2. The molecule has 3 rings (SSSR count). The van der Waals surface area contributed by atoms with Gasteiger partial charge < -0.3 is 10.1 Å². The van der Waals surface area contributed by atoms with Crippen molar-refractivity contribution in [3.63, 3.8) is 0 Å². The first-order valence-corrected chi connectivity index (χ1v) is 8.53. The normalized spacial score (nSPS) is 21.9. The molecule has 7 heteroatoms. The van der Waals surface area contributed by atoms with Gasteiger partial charge in [0.1, 0.15) is 0 Å². The fourth-order valence-corrected chi connectivity index (χ4v) is 3.75. The molecule has 1 fully saturated rings. The van der Waals surface area contributed by atoms with Gasteiger partial charge in [0.15, 0.2) is 0 Å². The van der Waals surface area contributed by atoms with Gasteiger partial charge in [-0.15, -0.1) is 0 Å².